The molecule has 0 bridgehead atoms. The van der Waals surface area contributed by atoms with Gasteiger partial charge in [0.25, 0.3) is 5.91 Å². The van der Waals surface area contributed by atoms with Crippen LogP contribution in [0.2, 0.25) is 0 Å². The van der Waals surface area contributed by atoms with Crippen LogP contribution in [0, 0.1) is 0 Å². The predicted molar refractivity (Wildman–Crippen MR) is 167 cm³/mol. The molecule has 228 valence electrons. The molecule has 9 nitrogen and oxygen atoms in total. The van der Waals surface area contributed by atoms with Gasteiger partial charge in [0, 0.05) is 30.8 Å². The Morgan fingerprint density at radius 3 is 1.42 bits per heavy atom. The summed E-state index contributed by atoms with van der Waals surface area (Å²) in [6.07, 6.45) is 0. The van der Waals surface area contributed by atoms with E-state index in [1.54, 1.807) is 24.3 Å². The number of rotatable bonds is 6. The Balaban J connectivity index is 1.43. The van der Waals surface area contributed by atoms with Crippen molar-refractivity contribution in [2.75, 3.05) is 26.2 Å². The van der Waals surface area contributed by atoms with Gasteiger partial charge in [0.15, 0.2) is 5.72 Å². The number of benzene rings is 4. The lowest BCUT2D eigenvalue weighted by atomic mass is 10.00. The average molecular weight is 603 g/mol. The highest BCUT2D eigenvalue weighted by Crippen LogP contribution is 2.38. The Morgan fingerprint density at radius 1 is 0.511 bits per heavy atom. The zero-order valence-corrected chi connectivity index (χ0v) is 24.8. The fourth-order valence-corrected chi connectivity index (χ4v) is 5.99. The molecular formula is C36H34N4O5. The van der Waals surface area contributed by atoms with Crippen LogP contribution in [0.15, 0.2) is 115 Å². The second kappa shape index (κ2) is 12.8. The number of β-amino-alcohol motifs (C(OH)–C–C–N with tert-alkyl or cyclic N) is 1. The standard InChI is InChI=1S/C36H34N4O5/c41-32-23-38(21-28-14-6-2-7-15-28)34(43)25-40-35(44)30-18-10-11-19-31(30)36(40,45)26-39(22-29-16-8-3-9-17-29)33(42)24-37(32)20-27-12-4-1-5-13-27/h1-19,45H,20-26H2/t36-/m0/s1. The van der Waals surface area contributed by atoms with E-state index in [-0.39, 0.29) is 44.8 Å². The Hall–Kier alpha value is -5.28. The minimum absolute atomic E-state index is 0.117. The molecule has 1 fully saturated rings. The third-order valence-electron chi connectivity index (χ3n) is 8.34. The number of carbonyl (C=O) groups is 4. The highest BCUT2D eigenvalue weighted by Gasteiger charge is 2.51. The Morgan fingerprint density at radius 2 is 0.911 bits per heavy atom. The number of hydrogen-bond acceptors (Lipinski definition) is 5. The number of fused-ring (bicyclic) bond motifs is 3. The summed E-state index contributed by atoms with van der Waals surface area (Å²) in [6, 6.07) is 34.6. The van der Waals surface area contributed by atoms with Crippen molar-refractivity contribution < 1.29 is 24.3 Å². The fourth-order valence-electron chi connectivity index (χ4n) is 5.99. The van der Waals surface area contributed by atoms with Crippen LogP contribution in [-0.2, 0) is 39.7 Å². The Labute approximate surface area is 261 Å². The first-order chi connectivity index (χ1) is 21.8. The Kier molecular flexibility index (Phi) is 8.44. The van der Waals surface area contributed by atoms with E-state index in [1.165, 1.54) is 14.7 Å². The first-order valence-corrected chi connectivity index (χ1v) is 14.9. The highest BCUT2D eigenvalue weighted by atomic mass is 16.3. The zero-order chi connectivity index (χ0) is 31.4. The maximum absolute atomic E-state index is 14.2. The molecule has 0 aromatic heterocycles. The molecule has 1 N–H and O–H groups in total. The van der Waals surface area contributed by atoms with E-state index in [0.29, 0.717) is 5.56 Å². The molecule has 0 aliphatic carbocycles. The molecule has 0 spiro atoms. The molecule has 2 aliphatic heterocycles. The molecule has 6 rings (SSSR count). The van der Waals surface area contributed by atoms with Gasteiger partial charge in [-0.05, 0) is 22.8 Å². The van der Waals surface area contributed by atoms with Crippen molar-refractivity contribution in [1.82, 2.24) is 19.6 Å². The van der Waals surface area contributed by atoms with Crippen LogP contribution in [0.4, 0.5) is 0 Å². The van der Waals surface area contributed by atoms with E-state index < -0.39 is 35.9 Å². The molecule has 2 aliphatic rings. The van der Waals surface area contributed by atoms with Crippen molar-refractivity contribution in [3.05, 3.63) is 143 Å². The lowest BCUT2D eigenvalue weighted by Crippen LogP contribution is -2.58. The fraction of sp³-hybridized carbons (Fsp3) is 0.222. The van der Waals surface area contributed by atoms with Crippen molar-refractivity contribution in [3.63, 3.8) is 0 Å². The second-order valence-corrected chi connectivity index (χ2v) is 11.5. The summed E-state index contributed by atoms with van der Waals surface area (Å²) in [5.41, 5.74) is 1.08. The monoisotopic (exact) mass is 602 g/mol. The Bertz CT molecular complexity index is 1700. The van der Waals surface area contributed by atoms with Gasteiger partial charge in [0.05, 0.1) is 6.54 Å². The van der Waals surface area contributed by atoms with Gasteiger partial charge in [-0.15, -0.1) is 0 Å². The molecule has 0 saturated carbocycles. The molecule has 9 heteroatoms. The summed E-state index contributed by atoms with van der Waals surface area (Å²) in [7, 11) is 0. The molecule has 1 atom stereocenters. The quantitative estimate of drug-likeness (QED) is 0.365. The smallest absolute Gasteiger partial charge is 0.257 e. The second-order valence-electron chi connectivity index (χ2n) is 11.5. The van der Waals surface area contributed by atoms with Crippen molar-refractivity contribution in [2.24, 2.45) is 0 Å². The van der Waals surface area contributed by atoms with Gasteiger partial charge in [-0.2, -0.15) is 0 Å². The van der Waals surface area contributed by atoms with E-state index in [4.69, 9.17) is 0 Å². The summed E-state index contributed by atoms with van der Waals surface area (Å²) in [6.45, 7) is -0.937. The summed E-state index contributed by atoms with van der Waals surface area (Å²) >= 11 is 0. The van der Waals surface area contributed by atoms with Gasteiger partial charge in [0.1, 0.15) is 19.6 Å². The van der Waals surface area contributed by atoms with Crippen LogP contribution >= 0.6 is 0 Å². The normalized spacial score (nSPS) is 19.2. The van der Waals surface area contributed by atoms with Gasteiger partial charge in [-0.1, -0.05) is 109 Å². The number of carbonyl (C=O) groups excluding carboxylic acids is 4. The number of nitrogens with zero attached hydrogens (tertiary/aromatic N) is 4. The highest BCUT2D eigenvalue weighted by molar-refractivity contribution is 6.02. The number of hydrogen-bond donors (Lipinski definition) is 1. The first kappa shape index (κ1) is 29.8. The SMILES string of the molecule is O=C1CN(Cc2ccccc2)C(=O)CN2C(=O)c3ccccc3[C@@]2(O)CN(Cc2ccccc2)C(=O)CN1Cc1ccccc1. The molecule has 4 aromatic rings. The minimum atomic E-state index is -1.97. The van der Waals surface area contributed by atoms with Crippen molar-refractivity contribution in [3.8, 4) is 0 Å². The number of amides is 4. The first-order valence-electron chi connectivity index (χ1n) is 14.9. The lowest BCUT2D eigenvalue weighted by molar-refractivity contribution is -0.157. The predicted octanol–water partition coefficient (Wildman–Crippen LogP) is 3.39. The maximum atomic E-state index is 14.2. The van der Waals surface area contributed by atoms with Gasteiger partial charge >= 0.3 is 0 Å². The molecule has 0 radical (unpaired) electrons. The van der Waals surface area contributed by atoms with E-state index in [9.17, 15) is 24.3 Å². The summed E-state index contributed by atoms with van der Waals surface area (Å²) in [5, 5.41) is 12.4. The molecule has 0 unspecified atom stereocenters. The largest absolute Gasteiger partial charge is 0.365 e. The van der Waals surface area contributed by atoms with E-state index in [2.05, 4.69) is 0 Å². The summed E-state index contributed by atoms with van der Waals surface area (Å²) in [4.78, 5) is 61.4. The number of aliphatic hydroxyl groups is 1. The van der Waals surface area contributed by atoms with Crippen molar-refractivity contribution in [1.29, 1.82) is 0 Å². The van der Waals surface area contributed by atoms with Gasteiger partial charge in [0.2, 0.25) is 17.7 Å². The van der Waals surface area contributed by atoms with E-state index in [0.717, 1.165) is 21.6 Å². The van der Waals surface area contributed by atoms with Crippen LogP contribution in [0.1, 0.15) is 32.6 Å². The van der Waals surface area contributed by atoms with Crippen LogP contribution in [-0.4, -0.2) is 74.5 Å². The van der Waals surface area contributed by atoms with Crippen LogP contribution < -0.4 is 0 Å². The molecule has 45 heavy (non-hydrogen) atoms. The topological polar surface area (TPSA) is 101 Å². The molecular weight excluding hydrogens is 568 g/mol. The van der Waals surface area contributed by atoms with E-state index in [1.807, 2.05) is 91.0 Å². The van der Waals surface area contributed by atoms with E-state index >= 15 is 0 Å². The summed E-state index contributed by atoms with van der Waals surface area (Å²) < 4.78 is 0. The molecule has 1 saturated heterocycles. The molecule has 4 amide bonds. The van der Waals surface area contributed by atoms with Crippen LogP contribution in [0.5, 0.6) is 0 Å². The molecule has 2 heterocycles. The third-order valence-corrected chi connectivity index (χ3v) is 8.34. The maximum Gasteiger partial charge on any atom is 0.257 e. The van der Waals surface area contributed by atoms with Gasteiger partial charge in [-0.3, -0.25) is 24.1 Å². The minimum Gasteiger partial charge on any atom is -0.365 e. The van der Waals surface area contributed by atoms with Crippen molar-refractivity contribution >= 4 is 23.6 Å². The third kappa shape index (κ3) is 6.34. The van der Waals surface area contributed by atoms with Crippen molar-refractivity contribution in [2.45, 2.75) is 25.4 Å². The van der Waals surface area contributed by atoms with Crippen LogP contribution in [0.25, 0.3) is 0 Å². The lowest BCUT2D eigenvalue weighted by Gasteiger charge is -2.40. The van der Waals surface area contributed by atoms with Gasteiger partial charge < -0.3 is 19.8 Å². The zero-order valence-electron chi connectivity index (χ0n) is 24.8. The summed E-state index contributed by atoms with van der Waals surface area (Å²) in [5.74, 6) is -1.80. The average Bonchev–Trinajstić information content (AvgIpc) is 3.26. The van der Waals surface area contributed by atoms with Crippen LogP contribution in [0.3, 0.4) is 0 Å². The van der Waals surface area contributed by atoms with Gasteiger partial charge in [-0.25, -0.2) is 0 Å². The molecule has 4 aromatic carbocycles.